The van der Waals surface area contributed by atoms with Crippen LogP contribution in [0.25, 0.3) is 0 Å². The molecule has 1 saturated heterocycles. The van der Waals surface area contributed by atoms with Crippen molar-refractivity contribution in [2.45, 2.75) is 32.4 Å². The fourth-order valence-corrected chi connectivity index (χ4v) is 3.31. The minimum atomic E-state index is -0.164. The van der Waals surface area contributed by atoms with Crippen molar-refractivity contribution >= 4 is 29.7 Å². The molecule has 0 atom stereocenters. The summed E-state index contributed by atoms with van der Waals surface area (Å²) in [7, 11) is 0. The van der Waals surface area contributed by atoms with E-state index in [1.165, 1.54) is 10.4 Å². The first kappa shape index (κ1) is 16.9. The van der Waals surface area contributed by atoms with Gasteiger partial charge in [-0.15, -0.1) is 28.8 Å². The number of rotatable bonds is 4. The Kier molecular flexibility index (Phi) is 5.93. The number of carbonyl (C=O) groups excluding carboxylic acids is 1. The van der Waals surface area contributed by atoms with Gasteiger partial charge in [-0.3, -0.25) is 4.79 Å². The van der Waals surface area contributed by atoms with Crippen molar-refractivity contribution in [1.82, 2.24) is 25.6 Å². The number of aryl methyl sites for hydroxylation is 1. The van der Waals surface area contributed by atoms with E-state index in [1.54, 1.807) is 17.5 Å². The van der Waals surface area contributed by atoms with Gasteiger partial charge in [-0.2, -0.15) is 0 Å². The molecule has 0 bridgehead atoms. The molecule has 120 valence electrons. The molecule has 0 aromatic carbocycles. The van der Waals surface area contributed by atoms with Crippen LogP contribution in [-0.4, -0.2) is 34.0 Å². The Bertz CT molecular complexity index is 620. The summed E-state index contributed by atoms with van der Waals surface area (Å²) < 4.78 is 1.83. The molecule has 1 amide bonds. The minimum absolute atomic E-state index is 0. The first-order valence-electron chi connectivity index (χ1n) is 7.18. The van der Waals surface area contributed by atoms with Crippen LogP contribution in [-0.2, 0) is 6.54 Å². The van der Waals surface area contributed by atoms with Gasteiger partial charge in [0.15, 0.2) is 5.69 Å². The van der Waals surface area contributed by atoms with Gasteiger partial charge in [0.05, 0.1) is 18.8 Å². The van der Waals surface area contributed by atoms with E-state index in [0.29, 0.717) is 18.3 Å². The molecule has 0 saturated carbocycles. The molecular formula is C14H20ClN5OS. The van der Waals surface area contributed by atoms with Gasteiger partial charge in [0, 0.05) is 4.88 Å². The van der Waals surface area contributed by atoms with Gasteiger partial charge in [0.2, 0.25) is 0 Å². The lowest BCUT2D eigenvalue weighted by Gasteiger charge is -2.22. The largest absolute Gasteiger partial charge is 0.346 e. The van der Waals surface area contributed by atoms with E-state index in [0.717, 1.165) is 25.9 Å². The number of amides is 1. The van der Waals surface area contributed by atoms with Gasteiger partial charge < -0.3 is 10.6 Å². The van der Waals surface area contributed by atoms with Crippen molar-refractivity contribution in [2.24, 2.45) is 0 Å². The van der Waals surface area contributed by atoms with Crippen molar-refractivity contribution in [3.8, 4) is 0 Å². The number of halogens is 1. The highest BCUT2D eigenvalue weighted by Crippen LogP contribution is 2.17. The van der Waals surface area contributed by atoms with E-state index in [9.17, 15) is 4.79 Å². The molecule has 22 heavy (non-hydrogen) atoms. The minimum Gasteiger partial charge on any atom is -0.346 e. The van der Waals surface area contributed by atoms with Gasteiger partial charge >= 0.3 is 0 Å². The standard InChI is InChI=1S/C14H19N5OS.ClH/c1-10-4-7-21-13(10)8-16-14(20)12-9-19(18-17-12)11-2-5-15-6-3-11;/h4,7,9,11,15H,2-3,5-6,8H2,1H3,(H,16,20);1H. The molecule has 2 aromatic rings. The SMILES string of the molecule is Cc1ccsc1CNC(=O)c1cn(C2CCNCC2)nn1.Cl. The lowest BCUT2D eigenvalue weighted by atomic mass is 10.1. The first-order chi connectivity index (χ1) is 10.2. The Morgan fingerprint density at radius 3 is 2.95 bits per heavy atom. The molecule has 1 aliphatic rings. The van der Waals surface area contributed by atoms with E-state index in [4.69, 9.17) is 0 Å². The van der Waals surface area contributed by atoms with E-state index in [1.807, 2.05) is 17.0 Å². The second kappa shape index (κ2) is 7.71. The Morgan fingerprint density at radius 1 is 1.50 bits per heavy atom. The second-order valence-corrected chi connectivity index (χ2v) is 6.28. The molecule has 0 unspecified atom stereocenters. The van der Waals surface area contributed by atoms with Crippen LogP contribution in [0.1, 0.15) is 39.8 Å². The average Bonchev–Trinajstić information content (AvgIpc) is 3.15. The van der Waals surface area contributed by atoms with Crippen molar-refractivity contribution in [2.75, 3.05) is 13.1 Å². The zero-order valence-electron chi connectivity index (χ0n) is 12.4. The maximum atomic E-state index is 12.1. The summed E-state index contributed by atoms with van der Waals surface area (Å²) in [5.41, 5.74) is 1.60. The van der Waals surface area contributed by atoms with Gasteiger partial charge in [0.1, 0.15) is 0 Å². The van der Waals surface area contributed by atoms with E-state index >= 15 is 0 Å². The molecule has 6 nitrogen and oxygen atoms in total. The molecule has 0 spiro atoms. The van der Waals surface area contributed by atoms with Crippen LogP contribution >= 0.6 is 23.7 Å². The average molecular weight is 342 g/mol. The van der Waals surface area contributed by atoms with E-state index in [-0.39, 0.29) is 18.3 Å². The Morgan fingerprint density at radius 2 is 2.27 bits per heavy atom. The van der Waals surface area contributed by atoms with Gasteiger partial charge in [-0.05, 0) is 49.9 Å². The predicted molar refractivity (Wildman–Crippen MR) is 88.6 cm³/mol. The topological polar surface area (TPSA) is 71.8 Å². The summed E-state index contributed by atoms with van der Waals surface area (Å²) >= 11 is 1.65. The van der Waals surface area contributed by atoms with Crippen molar-refractivity contribution < 1.29 is 4.79 Å². The number of aromatic nitrogens is 3. The molecule has 0 radical (unpaired) electrons. The summed E-state index contributed by atoms with van der Waals surface area (Å²) in [5.74, 6) is -0.164. The van der Waals surface area contributed by atoms with Crippen molar-refractivity contribution in [3.63, 3.8) is 0 Å². The molecule has 8 heteroatoms. The molecule has 1 fully saturated rings. The third kappa shape index (κ3) is 3.85. The van der Waals surface area contributed by atoms with Gasteiger partial charge in [-0.1, -0.05) is 5.21 Å². The van der Waals surface area contributed by atoms with Crippen molar-refractivity contribution in [3.05, 3.63) is 33.8 Å². The monoisotopic (exact) mass is 341 g/mol. The maximum absolute atomic E-state index is 12.1. The number of thiophene rings is 1. The van der Waals surface area contributed by atoms with E-state index in [2.05, 4.69) is 27.0 Å². The lowest BCUT2D eigenvalue weighted by molar-refractivity contribution is 0.0946. The van der Waals surface area contributed by atoms with Gasteiger partial charge in [0.25, 0.3) is 5.91 Å². The van der Waals surface area contributed by atoms with Crippen LogP contribution in [0, 0.1) is 6.92 Å². The Balaban J connectivity index is 0.00000176. The number of nitrogens with one attached hydrogen (secondary N) is 2. The zero-order valence-corrected chi connectivity index (χ0v) is 14.0. The second-order valence-electron chi connectivity index (χ2n) is 5.27. The summed E-state index contributed by atoms with van der Waals surface area (Å²) in [5, 5.41) is 16.4. The zero-order chi connectivity index (χ0) is 14.7. The van der Waals surface area contributed by atoms with Crippen LogP contribution < -0.4 is 10.6 Å². The lowest BCUT2D eigenvalue weighted by Crippen LogP contribution is -2.29. The summed E-state index contributed by atoms with van der Waals surface area (Å²) in [6, 6.07) is 2.40. The normalized spacial score (nSPS) is 15.3. The highest BCUT2D eigenvalue weighted by molar-refractivity contribution is 7.10. The number of carbonyl (C=O) groups is 1. The first-order valence-corrected chi connectivity index (χ1v) is 8.06. The summed E-state index contributed by atoms with van der Waals surface area (Å²) in [6.45, 7) is 4.57. The molecule has 1 aliphatic heterocycles. The van der Waals surface area contributed by atoms with Crippen LogP contribution in [0.3, 0.4) is 0 Å². The smallest absolute Gasteiger partial charge is 0.273 e. The third-order valence-electron chi connectivity index (χ3n) is 3.80. The fraction of sp³-hybridized carbons (Fsp3) is 0.500. The fourth-order valence-electron chi connectivity index (χ4n) is 2.47. The van der Waals surface area contributed by atoms with Crippen LogP contribution in [0.4, 0.5) is 0 Å². The van der Waals surface area contributed by atoms with Crippen molar-refractivity contribution in [1.29, 1.82) is 0 Å². The maximum Gasteiger partial charge on any atom is 0.273 e. The quantitative estimate of drug-likeness (QED) is 0.891. The molecular weight excluding hydrogens is 322 g/mol. The van der Waals surface area contributed by atoms with Crippen LogP contribution in [0.15, 0.2) is 17.6 Å². The third-order valence-corrected chi connectivity index (χ3v) is 4.83. The van der Waals surface area contributed by atoms with Crippen LogP contribution in [0.5, 0.6) is 0 Å². The van der Waals surface area contributed by atoms with Gasteiger partial charge in [-0.25, -0.2) is 4.68 Å². The number of hydrogen-bond donors (Lipinski definition) is 2. The summed E-state index contributed by atoms with van der Waals surface area (Å²) in [4.78, 5) is 13.3. The number of nitrogens with zero attached hydrogens (tertiary/aromatic N) is 3. The highest BCUT2D eigenvalue weighted by Gasteiger charge is 2.18. The Labute approximate surface area is 139 Å². The highest BCUT2D eigenvalue weighted by atomic mass is 35.5. The Hall–Kier alpha value is -1.44. The molecule has 3 heterocycles. The van der Waals surface area contributed by atoms with E-state index < -0.39 is 0 Å². The number of piperidine rings is 1. The molecule has 0 aliphatic carbocycles. The summed E-state index contributed by atoms with van der Waals surface area (Å²) in [6.07, 6.45) is 3.81. The number of hydrogen-bond acceptors (Lipinski definition) is 5. The predicted octanol–water partition coefficient (Wildman–Crippen LogP) is 1.92. The molecule has 3 rings (SSSR count). The molecule has 2 aromatic heterocycles. The van der Waals surface area contributed by atoms with Crippen LogP contribution in [0.2, 0.25) is 0 Å². The molecule has 2 N–H and O–H groups in total.